The van der Waals surface area contributed by atoms with E-state index < -0.39 is 0 Å². The van der Waals surface area contributed by atoms with Gasteiger partial charge in [-0.05, 0) is 36.5 Å². The third-order valence-corrected chi connectivity index (χ3v) is 3.59. The molecule has 0 spiro atoms. The van der Waals surface area contributed by atoms with Gasteiger partial charge in [-0.15, -0.1) is 0 Å². The third kappa shape index (κ3) is 2.39. The highest BCUT2D eigenvalue weighted by atomic mass is 79.9. The van der Waals surface area contributed by atoms with E-state index in [-0.39, 0.29) is 0 Å². The first kappa shape index (κ1) is 12.3. The number of H-pyrrole nitrogens is 1. The van der Waals surface area contributed by atoms with Gasteiger partial charge < -0.3 is 0 Å². The average molecular weight is 332 g/mol. The van der Waals surface area contributed by atoms with Crippen LogP contribution in [0.4, 0.5) is 0 Å². The second kappa shape index (κ2) is 5.11. The van der Waals surface area contributed by atoms with Gasteiger partial charge in [0.15, 0.2) is 10.6 Å². The van der Waals surface area contributed by atoms with Gasteiger partial charge in [-0.2, -0.15) is 5.10 Å². The fraction of sp³-hybridized carbons (Fsp3) is 0. The topological polar surface area (TPSA) is 33.6 Å². The predicted molar refractivity (Wildman–Crippen MR) is 81.9 cm³/mol. The Morgan fingerprint density at radius 1 is 1.00 bits per heavy atom. The molecule has 0 aliphatic rings. The zero-order valence-electron chi connectivity index (χ0n) is 9.88. The molecule has 1 aromatic heterocycles. The number of halogens is 1. The zero-order chi connectivity index (χ0) is 13.2. The van der Waals surface area contributed by atoms with E-state index >= 15 is 0 Å². The molecule has 19 heavy (non-hydrogen) atoms. The van der Waals surface area contributed by atoms with E-state index in [9.17, 15) is 0 Å². The van der Waals surface area contributed by atoms with E-state index in [0.29, 0.717) is 4.77 Å². The minimum absolute atomic E-state index is 0.587. The highest BCUT2D eigenvalue weighted by Gasteiger charge is 2.09. The first-order chi connectivity index (χ1) is 9.25. The molecule has 0 aliphatic heterocycles. The monoisotopic (exact) mass is 331 g/mol. The Balaban J connectivity index is 2.19. The number of rotatable bonds is 2. The molecular weight excluding hydrogens is 322 g/mol. The second-order valence-corrected chi connectivity index (χ2v) is 5.33. The Morgan fingerprint density at radius 2 is 1.68 bits per heavy atom. The molecular formula is C14H10BrN3S. The molecule has 0 saturated carbocycles. The van der Waals surface area contributed by atoms with Crippen LogP contribution in [0.25, 0.3) is 17.1 Å². The summed E-state index contributed by atoms with van der Waals surface area (Å²) in [6.07, 6.45) is 0. The largest absolute Gasteiger partial charge is 0.268 e. The van der Waals surface area contributed by atoms with Crippen molar-refractivity contribution in [3.63, 3.8) is 0 Å². The lowest BCUT2D eigenvalue weighted by Gasteiger charge is -2.06. The Hall–Kier alpha value is -1.72. The van der Waals surface area contributed by atoms with E-state index in [1.54, 1.807) is 0 Å². The molecule has 0 saturated heterocycles. The van der Waals surface area contributed by atoms with Gasteiger partial charge >= 0.3 is 0 Å². The van der Waals surface area contributed by atoms with Crippen molar-refractivity contribution in [2.45, 2.75) is 0 Å². The summed E-state index contributed by atoms with van der Waals surface area (Å²) in [5.41, 5.74) is 2.01. The standard InChI is InChI=1S/C14H10BrN3S/c15-11-8-6-10(7-9-11)13-16-17-14(19)18(13)12-4-2-1-3-5-12/h1-9H,(H,17,19). The van der Waals surface area contributed by atoms with Gasteiger partial charge in [-0.25, -0.2) is 0 Å². The van der Waals surface area contributed by atoms with Crippen molar-refractivity contribution in [2.24, 2.45) is 0 Å². The number of nitrogens with one attached hydrogen (secondary N) is 1. The fourth-order valence-corrected chi connectivity index (χ4v) is 2.41. The van der Waals surface area contributed by atoms with Gasteiger partial charge in [0, 0.05) is 15.7 Å². The lowest BCUT2D eigenvalue weighted by Crippen LogP contribution is -1.97. The van der Waals surface area contributed by atoms with E-state index in [0.717, 1.165) is 21.5 Å². The Labute approximate surface area is 124 Å². The van der Waals surface area contributed by atoms with Gasteiger partial charge in [-0.1, -0.05) is 46.3 Å². The number of aromatic nitrogens is 3. The van der Waals surface area contributed by atoms with E-state index in [1.165, 1.54) is 0 Å². The molecule has 0 fully saturated rings. The Morgan fingerprint density at radius 3 is 2.37 bits per heavy atom. The number of hydrogen-bond acceptors (Lipinski definition) is 2. The lowest BCUT2D eigenvalue weighted by atomic mass is 10.2. The van der Waals surface area contributed by atoms with E-state index in [1.807, 2.05) is 59.2 Å². The van der Waals surface area contributed by atoms with Gasteiger partial charge in [-0.3, -0.25) is 9.67 Å². The molecule has 0 unspecified atom stereocenters. The van der Waals surface area contributed by atoms with Crippen LogP contribution in [0.2, 0.25) is 0 Å². The number of hydrogen-bond donors (Lipinski definition) is 1. The SMILES string of the molecule is S=c1[nH]nc(-c2ccc(Br)cc2)n1-c1ccccc1. The number of benzene rings is 2. The molecule has 3 rings (SSSR count). The molecule has 1 heterocycles. The summed E-state index contributed by atoms with van der Waals surface area (Å²) in [5, 5.41) is 7.18. The summed E-state index contributed by atoms with van der Waals surface area (Å²) < 4.78 is 3.55. The van der Waals surface area contributed by atoms with Crippen LogP contribution in [-0.4, -0.2) is 14.8 Å². The summed E-state index contributed by atoms with van der Waals surface area (Å²) >= 11 is 8.75. The van der Waals surface area contributed by atoms with Crippen molar-refractivity contribution in [2.75, 3.05) is 0 Å². The van der Waals surface area contributed by atoms with Gasteiger partial charge in [0.1, 0.15) is 0 Å². The summed E-state index contributed by atoms with van der Waals surface area (Å²) in [5.74, 6) is 0.809. The van der Waals surface area contributed by atoms with Crippen LogP contribution in [0.1, 0.15) is 0 Å². The summed E-state index contributed by atoms with van der Waals surface area (Å²) in [4.78, 5) is 0. The van der Waals surface area contributed by atoms with Gasteiger partial charge in [0.05, 0.1) is 0 Å². The van der Waals surface area contributed by atoms with Crippen LogP contribution in [0, 0.1) is 4.77 Å². The number of para-hydroxylation sites is 1. The van der Waals surface area contributed by atoms with Crippen LogP contribution in [0.5, 0.6) is 0 Å². The van der Waals surface area contributed by atoms with Crippen LogP contribution < -0.4 is 0 Å². The molecule has 3 aromatic rings. The van der Waals surface area contributed by atoms with Crippen molar-refractivity contribution in [3.05, 3.63) is 63.8 Å². The van der Waals surface area contributed by atoms with Crippen LogP contribution >= 0.6 is 28.1 Å². The highest BCUT2D eigenvalue weighted by Crippen LogP contribution is 2.23. The average Bonchev–Trinajstić information content (AvgIpc) is 2.82. The van der Waals surface area contributed by atoms with Crippen molar-refractivity contribution >= 4 is 28.1 Å². The first-order valence-electron chi connectivity index (χ1n) is 5.74. The second-order valence-electron chi connectivity index (χ2n) is 4.03. The fourth-order valence-electron chi connectivity index (χ4n) is 1.91. The number of nitrogens with zero attached hydrogens (tertiary/aromatic N) is 2. The first-order valence-corrected chi connectivity index (χ1v) is 6.94. The molecule has 0 bridgehead atoms. The normalized spacial score (nSPS) is 10.6. The van der Waals surface area contributed by atoms with Crippen molar-refractivity contribution in [1.29, 1.82) is 0 Å². The van der Waals surface area contributed by atoms with Crippen LogP contribution in [0.15, 0.2) is 59.1 Å². The quantitative estimate of drug-likeness (QED) is 0.708. The summed E-state index contributed by atoms with van der Waals surface area (Å²) in [6.45, 7) is 0. The molecule has 0 radical (unpaired) electrons. The third-order valence-electron chi connectivity index (χ3n) is 2.79. The maximum atomic E-state index is 5.32. The minimum atomic E-state index is 0.587. The Kier molecular flexibility index (Phi) is 3.31. The zero-order valence-corrected chi connectivity index (χ0v) is 12.3. The van der Waals surface area contributed by atoms with Crippen molar-refractivity contribution < 1.29 is 0 Å². The van der Waals surface area contributed by atoms with Crippen LogP contribution in [0.3, 0.4) is 0 Å². The highest BCUT2D eigenvalue weighted by molar-refractivity contribution is 9.10. The molecule has 3 nitrogen and oxygen atoms in total. The predicted octanol–water partition coefficient (Wildman–Crippen LogP) is 4.36. The molecule has 94 valence electrons. The van der Waals surface area contributed by atoms with Crippen molar-refractivity contribution in [1.82, 2.24) is 14.8 Å². The van der Waals surface area contributed by atoms with Gasteiger partial charge in [0.2, 0.25) is 0 Å². The maximum absolute atomic E-state index is 5.32. The number of aromatic amines is 1. The maximum Gasteiger partial charge on any atom is 0.200 e. The van der Waals surface area contributed by atoms with Crippen LogP contribution in [-0.2, 0) is 0 Å². The molecule has 1 N–H and O–H groups in total. The lowest BCUT2D eigenvalue weighted by molar-refractivity contribution is 1.04. The Bertz CT molecular complexity index is 744. The van der Waals surface area contributed by atoms with Gasteiger partial charge in [0.25, 0.3) is 0 Å². The molecule has 0 atom stereocenters. The van der Waals surface area contributed by atoms with E-state index in [4.69, 9.17) is 12.2 Å². The summed E-state index contributed by atoms with van der Waals surface area (Å²) in [7, 11) is 0. The molecule has 2 aromatic carbocycles. The molecule has 5 heteroatoms. The smallest absolute Gasteiger partial charge is 0.200 e. The van der Waals surface area contributed by atoms with Crippen molar-refractivity contribution in [3.8, 4) is 17.1 Å². The summed E-state index contributed by atoms with van der Waals surface area (Å²) in [6, 6.07) is 18.0. The minimum Gasteiger partial charge on any atom is -0.268 e. The molecule has 0 aliphatic carbocycles. The van der Waals surface area contributed by atoms with E-state index in [2.05, 4.69) is 26.1 Å². The molecule has 0 amide bonds.